The van der Waals surface area contributed by atoms with Crippen molar-refractivity contribution in [3.63, 3.8) is 0 Å². The minimum atomic E-state index is -0.400. The standard InChI is InChI=1S/C18H21FN4O2S2/c1-11-4-3-5-12(2)23(11)15(24)10-26-18-22-21-17(27-18)20-16(25)13-6-8-14(19)9-7-13/h6-9,11-12H,3-5,10H2,1-2H3,(H,20,21,25)/t11-,12+. The first-order chi connectivity index (χ1) is 12.9. The van der Waals surface area contributed by atoms with Crippen molar-refractivity contribution in [1.29, 1.82) is 0 Å². The van der Waals surface area contributed by atoms with Crippen LogP contribution in [-0.4, -0.2) is 44.7 Å². The Bertz CT molecular complexity index is 802. The normalized spacial score (nSPS) is 19.7. The summed E-state index contributed by atoms with van der Waals surface area (Å²) >= 11 is 2.54. The number of anilines is 1. The minimum absolute atomic E-state index is 0.104. The zero-order valence-electron chi connectivity index (χ0n) is 15.1. The van der Waals surface area contributed by atoms with E-state index in [1.807, 2.05) is 4.90 Å². The Morgan fingerprint density at radius 1 is 1.22 bits per heavy atom. The first-order valence-electron chi connectivity index (χ1n) is 8.78. The van der Waals surface area contributed by atoms with Gasteiger partial charge in [0.05, 0.1) is 5.75 Å². The second kappa shape index (κ2) is 8.79. The molecule has 0 aliphatic carbocycles. The number of rotatable bonds is 5. The molecule has 1 aliphatic heterocycles. The lowest BCUT2D eigenvalue weighted by atomic mass is 9.98. The molecule has 2 heterocycles. The summed E-state index contributed by atoms with van der Waals surface area (Å²) in [6.07, 6.45) is 3.24. The molecule has 2 amide bonds. The van der Waals surface area contributed by atoms with Crippen LogP contribution in [0.5, 0.6) is 0 Å². The quantitative estimate of drug-likeness (QED) is 0.601. The second-order valence-electron chi connectivity index (χ2n) is 6.55. The number of nitrogens with one attached hydrogen (secondary N) is 1. The van der Waals surface area contributed by atoms with Crippen molar-refractivity contribution < 1.29 is 14.0 Å². The van der Waals surface area contributed by atoms with Gasteiger partial charge in [-0.05, 0) is 57.4 Å². The number of hydrogen-bond acceptors (Lipinski definition) is 6. The number of amides is 2. The summed E-state index contributed by atoms with van der Waals surface area (Å²) in [4.78, 5) is 26.6. The van der Waals surface area contributed by atoms with Gasteiger partial charge < -0.3 is 4.90 Å². The highest BCUT2D eigenvalue weighted by molar-refractivity contribution is 8.01. The van der Waals surface area contributed by atoms with E-state index in [9.17, 15) is 14.0 Å². The van der Waals surface area contributed by atoms with E-state index in [1.54, 1.807) is 0 Å². The average molecular weight is 409 g/mol. The molecule has 1 aromatic heterocycles. The summed E-state index contributed by atoms with van der Waals surface area (Å²) in [6, 6.07) is 5.79. The van der Waals surface area contributed by atoms with E-state index in [0.29, 0.717) is 20.8 Å². The molecule has 1 saturated heterocycles. The molecule has 0 bridgehead atoms. The average Bonchev–Trinajstić information content (AvgIpc) is 3.07. The smallest absolute Gasteiger partial charge is 0.257 e. The van der Waals surface area contributed by atoms with Crippen LogP contribution in [-0.2, 0) is 4.79 Å². The van der Waals surface area contributed by atoms with Crippen LogP contribution in [0.1, 0.15) is 43.5 Å². The molecule has 1 aromatic carbocycles. The van der Waals surface area contributed by atoms with Crippen LogP contribution < -0.4 is 5.32 Å². The molecule has 1 aliphatic rings. The number of thioether (sulfide) groups is 1. The lowest BCUT2D eigenvalue weighted by Crippen LogP contribution is -2.48. The third-order valence-corrected chi connectivity index (χ3v) is 6.49. The number of carbonyl (C=O) groups excluding carboxylic acids is 2. The fourth-order valence-corrected chi connectivity index (χ4v) is 4.82. The Balaban J connectivity index is 1.54. The maximum absolute atomic E-state index is 12.9. The number of halogens is 1. The van der Waals surface area contributed by atoms with Crippen LogP contribution in [0.15, 0.2) is 28.6 Å². The van der Waals surface area contributed by atoms with Gasteiger partial charge in [0, 0.05) is 17.6 Å². The predicted octanol–water partition coefficient (Wildman–Crippen LogP) is 3.81. The van der Waals surface area contributed by atoms with Gasteiger partial charge in [0.2, 0.25) is 11.0 Å². The number of benzene rings is 1. The predicted molar refractivity (Wildman–Crippen MR) is 105 cm³/mol. The molecule has 1 fully saturated rings. The third-order valence-electron chi connectivity index (χ3n) is 4.53. The summed E-state index contributed by atoms with van der Waals surface area (Å²) in [5, 5.41) is 10.9. The molecule has 0 spiro atoms. The molecular weight excluding hydrogens is 387 g/mol. The fraction of sp³-hybridized carbons (Fsp3) is 0.444. The van der Waals surface area contributed by atoms with Crippen molar-refractivity contribution in [3.8, 4) is 0 Å². The van der Waals surface area contributed by atoms with E-state index < -0.39 is 5.82 Å². The van der Waals surface area contributed by atoms with Crippen molar-refractivity contribution in [2.45, 2.75) is 49.5 Å². The highest BCUT2D eigenvalue weighted by Gasteiger charge is 2.28. The van der Waals surface area contributed by atoms with Crippen molar-refractivity contribution in [3.05, 3.63) is 35.6 Å². The topological polar surface area (TPSA) is 75.2 Å². The molecule has 1 N–H and O–H groups in total. The molecule has 144 valence electrons. The Hall–Kier alpha value is -2.00. The molecule has 3 rings (SSSR count). The Morgan fingerprint density at radius 2 is 1.89 bits per heavy atom. The second-order valence-corrected chi connectivity index (χ2v) is 8.75. The van der Waals surface area contributed by atoms with Crippen LogP contribution in [0.25, 0.3) is 0 Å². The van der Waals surface area contributed by atoms with Crippen LogP contribution in [0.3, 0.4) is 0 Å². The summed E-state index contributed by atoms with van der Waals surface area (Å²) in [6.45, 7) is 4.18. The van der Waals surface area contributed by atoms with E-state index in [0.717, 1.165) is 19.3 Å². The highest BCUT2D eigenvalue weighted by Crippen LogP contribution is 2.28. The lowest BCUT2D eigenvalue weighted by Gasteiger charge is -2.39. The maximum atomic E-state index is 12.9. The van der Waals surface area contributed by atoms with E-state index in [-0.39, 0.29) is 23.9 Å². The van der Waals surface area contributed by atoms with Crippen molar-refractivity contribution in [2.24, 2.45) is 0 Å². The summed E-state index contributed by atoms with van der Waals surface area (Å²) < 4.78 is 13.5. The highest BCUT2D eigenvalue weighted by atomic mass is 32.2. The number of aromatic nitrogens is 2. The summed E-state index contributed by atoms with van der Waals surface area (Å²) in [5.41, 5.74) is 0.337. The van der Waals surface area contributed by atoms with Gasteiger partial charge in [0.15, 0.2) is 4.34 Å². The number of carbonyl (C=O) groups is 2. The minimum Gasteiger partial charge on any atom is -0.337 e. The van der Waals surface area contributed by atoms with Gasteiger partial charge in [0.25, 0.3) is 5.91 Å². The zero-order chi connectivity index (χ0) is 19.4. The first kappa shape index (κ1) is 19.8. The SMILES string of the molecule is C[C@@H]1CCC[C@H](C)N1C(=O)CSc1nnc(NC(=O)c2ccc(F)cc2)s1. The van der Waals surface area contributed by atoms with E-state index in [2.05, 4.69) is 29.4 Å². The molecule has 9 heteroatoms. The molecule has 27 heavy (non-hydrogen) atoms. The van der Waals surface area contributed by atoms with Crippen molar-refractivity contribution in [2.75, 3.05) is 11.1 Å². The van der Waals surface area contributed by atoms with Crippen LogP contribution in [0, 0.1) is 5.82 Å². The van der Waals surface area contributed by atoms with Crippen molar-refractivity contribution in [1.82, 2.24) is 15.1 Å². The number of hydrogen-bond donors (Lipinski definition) is 1. The van der Waals surface area contributed by atoms with E-state index in [1.165, 1.54) is 47.4 Å². The molecule has 2 atom stereocenters. The van der Waals surface area contributed by atoms with Gasteiger partial charge in [-0.3, -0.25) is 14.9 Å². The van der Waals surface area contributed by atoms with Gasteiger partial charge in [-0.2, -0.15) is 0 Å². The monoisotopic (exact) mass is 408 g/mol. The Labute approximate surface area is 165 Å². The van der Waals surface area contributed by atoms with E-state index >= 15 is 0 Å². The van der Waals surface area contributed by atoms with Crippen LogP contribution in [0.4, 0.5) is 9.52 Å². The number of piperidine rings is 1. The van der Waals surface area contributed by atoms with Crippen molar-refractivity contribution >= 4 is 40.0 Å². The molecule has 0 saturated carbocycles. The maximum Gasteiger partial charge on any atom is 0.257 e. The zero-order valence-corrected chi connectivity index (χ0v) is 16.8. The number of nitrogens with zero attached hydrogens (tertiary/aromatic N) is 3. The lowest BCUT2D eigenvalue weighted by molar-refractivity contribution is -0.134. The van der Waals surface area contributed by atoms with Gasteiger partial charge in [-0.15, -0.1) is 10.2 Å². The molecular formula is C18H21FN4O2S2. The molecule has 2 aromatic rings. The molecule has 6 nitrogen and oxygen atoms in total. The summed E-state index contributed by atoms with van der Waals surface area (Å²) in [5.74, 6) is -0.375. The van der Waals surface area contributed by atoms with E-state index in [4.69, 9.17) is 0 Å². The van der Waals surface area contributed by atoms with Gasteiger partial charge in [-0.25, -0.2) is 4.39 Å². The van der Waals surface area contributed by atoms with Gasteiger partial charge in [-0.1, -0.05) is 23.1 Å². The molecule has 0 unspecified atom stereocenters. The molecule has 0 radical (unpaired) electrons. The van der Waals surface area contributed by atoms with Gasteiger partial charge in [0.1, 0.15) is 5.82 Å². The Kier molecular flexibility index (Phi) is 6.43. The summed E-state index contributed by atoms with van der Waals surface area (Å²) in [7, 11) is 0. The van der Waals surface area contributed by atoms with Gasteiger partial charge >= 0.3 is 0 Å². The largest absolute Gasteiger partial charge is 0.337 e. The Morgan fingerprint density at radius 3 is 2.56 bits per heavy atom. The number of likely N-dealkylation sites (tertiary alicyclic amines) is 1. The van der Waals surface area contributed by atoms with Crippen LogP contribution >= 0.6 is 23.1 Å². The first-order valence-corrected chi connectivity index (χ1v) is 10.6. The van der Waals surface area contributed by atoms with Crippen LogP contribution in [0.2, 0.25) is 0 Å². The third kappa shape index (κ3) is 5.04. The fourth-order valence-electron chi connectivity index (χ4n) is 3.20.